The zero-order valence-electron chi connectivity index (χ0n) is 11.4. The summed E-state index contributed by atoms with van der Waals surface area (Å²) in [6.45, 7) is 1.56. The molecule has 0 radical (unpaired) electrons. The molecule has 0 saturated heterocycles. The molecule has 0 bridgehead atoms. The normalized spacial score (nSPS) is 9.75. The first kappa shape index (κ1) is 15.5. The molecule has 8 heteroatoms. The molecule has 0 spiro atoms. The van der Waals surface area contributed by atoms with Gasteiger partial charge in [-0.1, -0.05) is 0 Å². The highest BCUT2D eigenvalue weighted by Gasteiger charge is 2.20. The van der Waals surface area contributed by atoms with Crippen molar-refractivity contribution in [3.63, 3.8) is 0 Å². The fourth-order valence-electron chi connectivity index (χ4n) is 1.45. The second-order valence-electron chi connectivity index (χ2n) is 3.53. The number of nitro benzene ring substituents is 1. The van der Waals surface area contributed by atoms with Gasteiger partial charge in [0.25, 0.3) is 5.69 Å². The van der Waals surface area contributed by atoms with Crippen LogP contribution in [-0.2, 0) is 9.53 Å². The van der Waals surface area contributed by atoms with E-state index in [1.165, 1.54) is 26.4 Å². The molecule has 110 valence electrons. The minimum Gasteiger partial charge on any atom is -0.492 e. The van der Waals surface area contributed by atoms with Crippen LogP contribution in [0.25, 0.3) is 0 Å². The summed E-state index contributed by atoms with van der Waals surface area (Å²) in [6.07, 6.45) is 0. The van der Waals surface area contributed by atoms with Crippen LogP contribution in [0.5, 0.6) is 17.2 Å². The third-order valence-corrected chi connectivity index (χ3v) is 2.30. The molecule has 20 heavy (non-hydrogen) atoms. The third kappa shape index (κ3) is 3.74. The molecule has 0 aliphatic carbocycles. The number of esters is 1. The maximum atomic E-state index is 11.3. The van der Waals surface area contributed by atoms with Gasteiger partial charge in [0, 0.05) is 0 Å². The minimum atomic E-state index is -0.583. The van der Waals surface area contributed by atoms with Gasteiger partial charge in [0.2, 0.25) is 5.75 Å². The van der Waals surface area contributed by atoms with Gasteiger partial charge in [-0.05, 0) is 6.92 Å². The Labute approximate surface area is 115 Å². The maximum Gasteiger partial charge on any atom is 0.344 e. The fraction of sp³-hybridized carbons (Fsp3) is 0.417. The third-order valence-electron chi connectivity index (χ3n) is 2.30. The highest BCUT2D eigenvalue weighted by Crippen LogP contribution is 2.40. The van der Waals surface area contributed by atoms with Crippen LogP contribution in [0.4, 0.5) is 5.69 Å². The second kappa shape index (κ2) is 7.17. The van der Waals surface area contributed by atoms with Gasteiger partial charge in [-0.25, -0.2) is 4.79 Å². The van der Waals surface area contributed by atoms with Gasteiger partial charge >= 0.3 is 5.97 Å². The Morgan fingerprint density at radius 2 is 1.80 bits per heavy atom. The highest BCUT2D eigenvalue weighted by atomic mass is 16.6. The lowest BCUT2D eigenvalue weighted by atomic mass is 10.2. The van der Waals surface area contributed by atoms with Crippen LogP contribution in [0.1, 0.15) is 6.92 Å². The number of nitrogens with zero attached hydrogens (tertiary/aromatic N) is 1. The number of ether oxygens (including phenoxy) is 4. The predicted octanol–water partition coefficient (Wildman–Crippen LogP) is 1.55. The Balaban J connectivity index is 3.04. The molecule has 0 aliphatic rings. The monoisotopic (exact) mass is 285 g/mol. The number of methoxy groups -OCH3 is 2. The van der Waals surface area contributed by atoms with Crippen LogP contribution in [0.3, 0.4) is 0 Å². The summed E-state index contributed by atoms with van der Waals surface area (Å²) in [5.74, 6) is -0.260. The Bertz CT molecular complexity index is 476. The standard InChI is InChI=1S/C12H15NO7/c1-4-19-11(14)7-20-12-9(17-2)5-8(13(15)16)6-10(12)18-3/h5-6H,4,7H2,1-3H3. The van der Waals surface area contributed by atoms with Crippen LogP contribution < -0.4 is 14.2 Å². The molecule has 0 atom stereocenters. The van der Waals surface area contributed by atoms with Crippen molar-refractivity contribution in [1.29, 1.82) is 0 Å². The number of hydrogen-bond donors (Lipinski definition) is 0. The summed E-state index contributed by atoms with van der Waals surface area (Å²) in [7, 11) is 2.66. The molecule has 0 amide bonds. The van der Waals surface area contributed by atoms with Crippen molar-refractivity contribution < 1.29 is 28.7 Å². The van der Waals surface area contributed by atoms with Gasteiger partial charge in [0.15, 0.2) is 18.1 Å². The molecule has 0 heterocycles. The summed E-state index contributed by atoms with van der Waals surface area (Å²) in [5, 5.41) is 10.8. The molecule has 0 unspecified atom stereocenters. The summed E-state index contributed by atoms with van der Waals surface area (Å²) < 4.78 is 20.0. The Kier molecular flexibility index (Phi) is 5.57. The van der Waals surface area contributed by atoms with Gasteiger partial charge in [-0.15, -0.1) is 0 Å². The first-order valence-electron chi connectivity index (χ1n) is 5.72. The van der Waals surface area contributed by atoms with Gasteiger partial charge in [-0.3, -0.25) is 10.1 Å². The second-order valence-corrected chi connectivity index (χ2v) is 3.53. The topological polar surface area (TPSA) is 97.1 Å². The number of hydrogen-bond acceptors (Lipinski definition) is 7. The van der Waals surface area contributed by atoms with E-state index in [1.54, 1.807) is 6.92 Å². The van der Waals surface area contributed by atoms with Gasteiger partial charge in [-0.2, -0.15) is 0 Å². The van der Waals surface area contributed by atoms with E-state index >= 15 is 0 Å². The van der Waals surface area contributed by atoms with E-state index in [1.807, 2.05) is 0 Å². The lowest BCUT2D eigenvalue weighted by Gasteiger charge is -2.13. The van der Waals surface area contributed by atoms with E-state index in [0.29, 0.717) is 0 Å². The molecular weight excluding hydrogens is 270 g/mol. The van der Waals surface area contributed by atoms with Crippen molar-refractivity contribution in [2.45, 2.75) is 6.92 Å². The molecule has 0 aromatic heterocycles. The van der Waals surface area contributed by atoms with Crippen LogP contribution >= 0.6 is 0 Å². The fourth-order valence-corrected chi connectivity index (χ4v) is 1.45. The van der Waals surface area contributed by atoms with Crippen molar-refractivity contribution in [3.8, 4) is 17.2 Å². The van der Waals surface area contributed by atoms with Crippen molar-refractivity contribution in [3.05, 3.63) is 22.2 Å². The summed E-state index contributed by atoms with van der Waals surface area (Å²) >= 11 is 0. The van der Waals surface area contributed by atoms with Gasteiger partial charge in [0.1, 0.15) is 0 Å². The molecule has 0 N–H and O–H groups in total. The summed E-state index contributed by atoms with van der Waals surface area (Å²) in [4.78, 5) is 21.4. The van der Waals surface area contributed by atoms with Crippen LogP contribution in [-0.4, -0.2) is 38.3 Å². The van der Waals surface area contributed by atoms with Crippen molar-refractivity contribution in [1.82, 2.24) is 0 Å². The Morgan fingerprint density at radius 1 is 1.25 bits per heavy atom. The molecule has 0 saturated carbocycles. The first-order chi connectivity index (χ1) is 9.53. The van der Waals surface area contributed by atoms with E-state index in [4.69, 9.17) is 18.9 Å². The van der Waals surface area contributed by atoms with Gasteiger partial charge in [0.05, 0.1) is 37.9 Å². The number of non-ortho nitro benzene ring substituents is 1. The number of carbonyl (C=O) groups is 1. The van der Waals surface area contributed by atoms with E-state index in [-0.39, 0.29) is 36.1 Å². The average molecular weight is 285 g/mol. The first-order valence-corrected chi connectivity index (χ1v) is 5.72. The number of benzene rings is 1. The summed E-state index contributed by atoms with van der Waals surface area (Å²) in [6, 6.07) is 2.37. The van der Waals surface area contributed by atoms with E-state index in [9.17, 15) is 14.9 Å². The van der Waals surface area contributed by atoms with E-state index in [2.05, 4.69) is 0 Å². The molecule has 0 fully saturated rings. The maximum absolute atomic E-state index is 11.3. The number of carbonyl (C=O) groups excluding carboxylic acids is 1. The van der Waals surface area contributed by atoms with Crippen LogP contribution in [0, 0.1) is 10.1 Å². The molecule has 0 aliphatic heterocycles. The van der Waals surface area contributed by atoms with Crippen LogP contribution in [0.2, 0.25) is 0 Å². The highest BCUT2D eigenvalue weighted by molar-refractivity contribution is 5.71. The molecular formula is C12H15NO7. The quantitative estimate of drug-likeness (QED) is 0.426. The molecule has 1 aromatic carbocycles. The number of rotatable bonds is 7. The molecule has 8 nitrogen and oxygen atoms in total. The number of nitro groups is 1. The predicted molar refractivity (Wildman–Crippen MR) is 68.3 cm³/mol. The largest absolute Gasteiger partial charge is 0.492 e. The van der Waals surface area contributed by atoms with Crippen molar-refractivity contribution >= 4 is 11.7 Å². The smallest absolute Gasteiger partial charge is 0.344 e. The van der Waals surface area contributed by atoms with Crippen LogP contribution in [0.15, 0.2) is 12.1 Å². The zero-order chi connectivity index (χ0) is 15.1. The summed E-state index contributed by atoms with van der Waals surface area (Å²) in [5.41, 5.74) is -0.206. The lowest BCUT2D eigenvalue weighted by Crippen LogP contribution is -2.15. The minimum absolute atomic E-state index is 0.0975. The SMILES string of the molecule is CCOC(=O)COc1c(OC)cc([N+](=O)[O-])cc1OC. The van der Waals surface area contributed by atoms with E-state index in [0.717, 1.165) is 0 Å². The lowest BCUT2D eigenvalue weighted by molar-refractivity contribution is -0.385. The Morgan fingerprint density at radius 3 is 2.20 bits per heavy atom. The van der Waals surface area contributed by atoms with Crippen molar-refractivity contribution in [2.75, 3.05) is 27.4 Å². The zero-order valence-corrected chi connectivity index (χ0v) is 11.4. The van der Waals surface area contributed by atoms with Crippen molar-refractivity contribution in [2.24, 2.45) is 0 Å². The average Bonchev–Trinajstić information content (AvgIpc) is 2.44. The molecule has 1 rings (SSSR count). The molecule has 1 aromatic rings. The van der Waals surface area contributed by atoms with E-state index < -0.39 is 10.9 Å². The Hall–Kier alpha value is -2.51. The van der Waals surface area contributed by atoms with Gasteiger partial charge < -0.3 is 18.9 Å².